The molecular formula is C12H19ClN4O2. The summed E-state index contributed by atoms with van der Waals surface area (Å²) >= 11 is 6.11. The van der Waals surface area contributed by atoms with E-state index in [1.54, 1.807) is 6.20 Å². The molecule has 0 aromatic carbocycles. The SMILES string of the molecule is CC(N)C1CCN(c2cnn(CCO)c(=O)c2Cl)C1. The number of anilines is 1. The highest BCUT2D eigenvalue weighted by atomic mass is 35.5. The van der Waals surface area contributed by atoms with E-state index >= 15 is 0 Å². The Morgan fingerprint density at radius 3 is 3.00 bits per heavy atom. The van der Waals surface area contributed by atoms with Crippen LogP contribution in [0.15, 0.2) is 11.0 Å². The van der Waals surface area contributed by atoms with E-state index < -0.39 is 0 Å². The molecule has 1 saturated heterocycles. The number of rotatable bonds is 4. The number of hydrogen-bond donors (Lipinski definition) is 2. The van der Waals surface area contributed by atoms with Gasteiger partial charge >= 0.3 is 0 Å². The Kier molecular flexibility index (Phi) is 4.44. The second kappa shape index (κ2) is 5.90. The minimum absolute atomic E-state index is 0.131. The molecule has 2 unspecified atom stereocenters. The number of aromatic nitrogens is 2. The van der Waals surface area contributed by atoms with Crippen LogP contribution >= 0.6 is 11.6 Å². The van der Waals surface area contributed by atoms with E-state index in [4.69, 9.17) is 22.4 Å². The van der Waals surface area contributed by atoms with Crippen LogP contribution in [0.3, 0.4) is 0 Å². The van der Waals surface area contributed by atoms with Crippen LogP contribution in [0.4, 0.5) is 5.69 Å². The Balaban J connectivity index is 2.23. The molecule has 0 saturated carbocycles. The van der Waals surface area contributed by atoms with Gasteiger partial charge in [0, 0.05) is 19.1 Å². The van der Waals surface area contributed by atoms with Crippen molar-refractivity contribution in [3.8, 4) is 0 Å². The van der Waals surface area contributed by atoms with Crippen molar-refractivity contribution in [3.05, 3.63) is 21.6 Å². The molecule has 0 amide bonds. The number of hydrogen-bond acceptors (Lipinski definition) is 5. The zero-order chi connectivity index (χ0) is 14.0. The zero-order valence-electron chi connectivity index (χ0n) is 10.9. The van der Waals surface area contributed by atoms with Gasteiger partial charge in [-0.25, -0.2) is 4.68 Å². The molecule has 1 aliphatic rings. The number of halogens is 1. The van der Waals surface area contributed by atoms with E-state index in [1.807, 2.05) is 11.8 Å². The van der Waals surface area contributed by atoms with Crippen LogP contribution < -0.4 is 16.2 Å². The lowest BCUT2D eigenvalue weighted by atomic mass is 10.0. The van der Waals surface area contributed by atoms with Crippen molar-refractivity contribution in [2.75, 3.05) is 24.6 Å². The molecule has 0 spiro atoms. The number of nitrogens with two attached hydrogens (primary N) is 1. The van der Waals surface area contributed by atoms with Crippen molar-refractivity contribution in [1.82, 2.24) is 9.78 Å². The molecule has 1 aliphatic heterocycles. The smallest absolute Gasteiger partial charge is 0.287 e. The molecule has 0 bridgehead atoms. The first-order valence-electron chi connectivity index (χ1n) is 6.41. The third-order valence-corrected chi connectivity index (χ3v) is 3.94. The van der Waals surface area contributed by atoms with Crippen molar-refractivity contribution in [2.45, 2.75) is 25.9 Å². The summed E-state index contributed by atoms with van der Waals surface area (Å²) in [5, 5.41) is 13.0. The molecular weight excluding hydrogens is 268 g/mol. The van der Waals surface area contributed by atoms with Gasteiger partial charge in [0.1, 0.15) is 5.02 Å². The van der Waals surface area contributed by atoms with E-state index in [9.17, 15) is 4.79 Å². The van der Waals surface area contributed by atoms with Gasteiger partial charge in [0.15, 0.2) is 0 Å². The summed E-state index contributed by atoms with van der Waals surface area (Å²) in [6.07, 6.45) is 2.58. The summed E-state index contributed by atoms with van der Waals surface area (Å²) in [5.41, 5.74) is 6.19. The number of aliphatic hydroxyl groups excluding tert-OH is 1. The average molecular weight is 287 g/mol. The van der Waals surface area contributed by atoms with Gasteiger partial charge in [0.2, 0.25) is 0 Å². The van der Waals surface area contributed by atoms with E-state index in [0.717, 1.165) is 19.5 Å². The van der Waals surface area contributed by atoms with E-state index in [0.29, 0.717) is 11.6 Å². The second-order valence-corrected chi connectivity index (χ2v) is 5.33. The number of aliphatic hydroxyl groups is 1. The highest BCUT2D eigenvalue weighted by molar-refractivity contribution is 6.33. The van der Waals surface area contributed by atoms with Gasteiger partial charge in [-0.3, -0.25) is 4.79 Å². The fourth-order valence-corrected chi connectivity index (χ4v) is 2.63. The quantitative estimate of drug-likeness (QED) is 0.818. The molecule has 6 nitrogen and oxygen atoms in total. The first-order valence-corrected chi connectivity index (χ1v) is 6.79. The van der Waals surface area contributed by atoms with E-state index in [1.165, 1.54) is 4.68 Å². The van der Waals surface area contributed by atoms with Crippen LogP contribution in [-0.4, -0.2) is 40.6 Å². The molecule has 2 heterocycles. The average Bonchev–Trinajstić information content (AvgIpc) is 2.85. The van der Waals surface area contributed by atoms with Crippen LogP contribution in [0.1, 0.15) is 13.3 Å². The summed E-state index contributed by atoms with van der Waals surface area (Å²) in [4.78, 5) is 14.0. The van der Waals surface area contributed by atoms with E-state index in [2.05, 4.69) is 5.10 Å². The topological polar surface area (TPSA) is 84.4 Å². The Morgan fingerprint density at radius 1 is 1.68 bits per heavy atom. The molecule has 7 heteroatoms. The summed E-state index contributed by atoms with van der Waals surface area (Å²) in [7, 11) is 0. The van der Waals surface area contributed by atoms with Gasteiger partial charge in [0.25, 0.3) is 5.56 Å². The van der Waals surface area contributed by atoms with Gasteiger partial charge in [-0.15, -0.1) is 0 Å². The van der Waals surface area contributed by atoms with Gasteiger partial charge < -0.3 is 15.7 Å². The third-order valence-electron chi connectivity index (χ3n) is 3.59. The molecule has 2 rings (SSSR count). The molecule has 1 fully saturated rings. The van der Waals surface area contributed by atoms with Crippen molar-refractivity contribution in [2.24, 2.45) is 11.7 Å². The molecule has 3 N–H and O–H groups in total. The Bertz CT molecular complexity index is 503. The predicted octanol–water partition coefficient (Wildman–Crippen LogP) is 0.0625. The minimum Gasteiger partial charge on any atom is -0.394 e. The zero-order valence-corrected chi connectivity index (χ0v) is 11.7. The van der Waals surface area contributed by atoms with Gasteiger partial charge in [-0.05, 0) is 19.3 Å². The third kappa shape index (κ3) is 2.91. The lowest BCUT2D eigenvalue weighted by molar-refractivity contribution is 0.266. The molecule has 106 valence electrons. The monoisotopic (exact) mass is 286 g/mol. The maximum atomic E-state index is 12.0. The summed E-state index contributed by atoms with van der Waals surface area (Å²) in [6, 6.07) is 0.131. The van der Waals surface area contributed by atoms with Crippen LogP contribution in [0.5, 0.6) is 0 Å². The minimum atomic E-state index is -0.363. The summed E-state index contributed by atoms with van der Waals surface area (Å²) < 4.78 is 1.17. The molecule has 2 atom stereocenters. The molecule has 0 aliphatic carbocycles. The normalized spacial score (nSPS) is 20.8. The van der Waals surface area contributed by atoms with Crippen LogP contribution in [0.2, 0.25) is 5.02 Å². The summed E-state index contributed by atoms with van der Waals surface area (Å²) in [5.74, 6) is 0.413. The van der Waals surface area contributed by atoms with Crippen LogP contribution in [-0.2, 0) is 6.54 Å². The van der Waals surface area contributed by atoms with Gasteiger partial charge in [-0.2, -0.15) is 5.10 Å². The molecule has 19 heavy (non-hydrogen) atoms. The largest absolute Gasteiger partial charge is 0.394 e. The van der Waals surface area contributed by atoms with Gasteiger partial charge in [-0.1, -0.05) is 11.6 Å². The van der Waals surface area contributed by atoms with Crippen LogP contribution in [0.25, 0.3) is 0 Å². The lowest BCUT2D eigenvalue weighted by Crippen LogP contribution is -2.31. The Labute approximate surface area is 116 Å². The van der Waals surface area contributed by atoms with Crippen molar-refractivity contribution in [1.29, 1.82) is 0 Å². The van der Waals surface area contributed by atoms with Crippen LogP contribution in [0, 0.1) is 5.92 Å². The van der Waals surface area contributed by atoms with Crippen molar-refractivity contribution >= 4 is 17.3 Å². The highest BCUT2D eigenvalue weighted by Gasteiger charge is 2.27. The fourth-order valence-electron chi connectivity index (χ4n) is 2.37. The predicted molar refractivity (Wildman–Crippen MR) is 74.6 cm³/mol. The molecule has 1 aromatic rings. The van der Waals surface area contributed by atoms with E-state index in [-0.39, 0.29) is 29.8 Å². The first-order chi connectivity index (χ1) is 9.04. The Hall–Kier alpha value is -1.11. The highest BCUT2D eigenvalue weighted by Crippen LogP contribution is 2.28. The van der Waals surface area contributed by atoms with Crippen molar-refractivity contribution < 1.29 is 5.11 Å². The number of nitrogens with zero attached hydrogens (tertiary/aromatic N) is 3. The molecule has 0 radical (unpaired) electrons. The summed E-state index contributed by atoms with van der Waals surface area (Å²) in [6.45, 7) is 3.63. The second-order valence-electron chi connectivity index (χ2n) is 4.95. The van der Waals surface area contributed by atoms with Gasteiger partial charge in [0.05, 0.1) is 25.0 Å². The maximum absolute atomic E-state index is 12.0. The Morgan fingerprint density at radius 2 is 2.42 bits per heavy atom. The first kappa shape index (κ1) is 14.3. The lowest BCUT2D eigenvalue weighted by Gasteiger charge is -2.20. The standard InChI is InChI=1S/C12H19ClN4O2/c1-8(14)9-2-3-16(7-9)10-6-15-17(4-5-18)12(19)11(10)13/h6,8-9,18H,2-5,7,14H2,1H3. The molecule has 1 aromatic heterocycles. The maximum Gasteiger partial charge on any atom is 0.287 e. The fraction of sp³-hybridized carbons (Fsp3) is 0.667. The van der Waals surface area contributed by atoms with Crippen molar-refractivity contribution in [3.63, 3.8) is 0 Å².